The van der Waals surface area contributed by atoms with Crippen molar-refractivity contribution in [3.8, 4) is 5.75 Å². The van der Waals surface area contributed by atoms with Crippen LogP contribution in [0.5, 0.6) is 5.75 Å². The number of allylic oxidation sites excluding steroid dienone is 4. The quantitative estimate of drug-likeness (QED) is 0.709. The molecule has 0 aliphatic heterocycles. The average Bonchev–Trinajstić information content (AvgIpc) is 2.56. The summed E-state index contributed by atoms with van der Waals surface area (Å²) in [5.74, 6) is 0.909. The van der Waals surface area contributed by atoms with Crippen LogP contribution in [0.3, 0.4) is 0 Å². The Balaban J connectivity index is 1.98. The molecule has 0 aromatic heterocycles. The third-order valence-corrected chi connectivity index (χ3v) is 4.40. The summed E-state index contributed by atoms with van der Waals surface area (Å²) in [5, 5.41) is 0. The summed E-state index contributed by atoms with van der Waals surface area (Å²) in [6, 6.07) is 17.2. The van der Waals surface area contributed by atoms with Crippen molar-refractivity contribution in [2.24, 2.45) is 0 Å². The van der Waals surface area contributed by atoms with Crippen molar-refractivity contribution in [3.05, 3.63) is 76.9 Å². The van der Waals surface area contributed by atoms with Gasteiger partial charge in [-0.25, -0.2) is 0 Å². The molecule has 22 heavy (non-hydrogen) atoms. The van der Waals surface area contributed by atoms with Crippen molar-refractivity contribution < 1.29 is 4.74 Å². The van der Waals surface area contributed by atoms with Crippen LogP contribution in [0.2, 0.25) is 0 Å². The molecule has 2 aromatic rings. The van der Waals surface area contributed by atoms with E-state index in [4.69, 9.17) is 4.74 Å². The van der Waals surface area contributed by atoms with Crippen LogP contribution in [-0.2, 0) is 0 Å². The Morgan fingerprint density at radius 1 is 0.818 bits per heavy atom. The number of hydrogen-bond donors (Lipinski definition) is 0. The highest BCUT2D eigenvalue weighted by molar-refractivity contribution is 5.90. The molecule has 0 amide bonds. The van der Waals surface area contributed by atoms with Crippen LogP contribution in [0.1, 0.15) is 36.5 Å². The second-order valence-electron chi connectivity index (χ2n) is 5.85. The molecule has 1 nitrogen and oxygen atoms in total. The van der Waals surface area contributed by atoms with E-state index in [-0.39, 0.29) is 0 Å². The molecule has 0 atom stereocenters. The van der Waals surface area contributed by atoms with E-state index in [1.165, 1.54) is 33.4 Å². The molecule has 1 aliphatic carbocycles. The first-order valence-electron chi connectivity index (χ1n) is 7.81. The largest absolute Gasteiger partial charge is 0.497 e. The second-order valence-corrected chi connectivity index (χ2v) is 5.85. The van der Waals surface area contributed by atoms with Crippen molar-refractivity contribution >= 4 is 11.1 Å². The summed E-state index contributed by atoms with van der Waals surface area (Å²) in [6.45, 7) is 4.37. The van der Waals surface area contributed by atoms with Crippen LogP contribution < -0.4 is 4.74 Å². The van der Waals surface area contributed by atoms with E-state index in [0.29, 0.717) is 0 Å². The number of aryl methyl sites for hydroxylation is 1. The van der Waals surface area contributed by atoms with Gasteiger partial charge in [-0.1, -0.05) is 48.0 Å². The third-order valence-electron chi connectivity index (χ3n) is 4.40. The topological polar surface area (TPSA) is 9.23 Å². The highest BCUT2D eigenvalue weighted by atomic mass is 16.5. The number of ether oxygens (including phenoxy) is 1. The fourth-order valence-electron chi connectivity index (χ4n) is 3.08. The smallest absolute Gasteiger partial charge is 0.118 e. The maximum absolute atomic E-state index is 5.26. The molecule has 0 heterocycles. The predicted molar refractivity (Wildman–Crippen MR) is 94.0 cm³/mol. The lowest BCUT2D eigenvalue weighted by Crippen LogP contribution is -1.99. The Kier molecular flexibility index (Phi) is 4.15. The molecule has 0 radical (unpaired) electrons. The summed E-state index contributed by atoms with van der Waals surface area (Å²) in [5.41, 5.74) is 8.13. The van der Waals surface area contributed by atoms with Crippen molar-refractivity contribution in [1.29, 1.82) is 0 Å². The molecular formula is C21H22O. The molecule has 0 unspecified atom stereocenters. The summed E-state index contributed by atoms with van der Waals surface area (Å²) in [4.78, 5) is 0. The first kappa shape index (κ1) is 14.6. The first-order chi connectivity index (χ1) is 10.7. The van der Waals surface area contributed by atoms with Gasteiger partial charge >= 0.3 is 0 Å². The summed E-state index contributed by atoms with van der Waals surface area (Å²) in [6.07, 6.45) is 4.57. The lowest BCUT2D eigenvalue weighted by atomic mass is 9.84. The van der Waals surface area contributed by atoms with Crippen LogP contribution in [0, 0.1) is 6.92 Å². The van der Waals surface area contributed by atoms with E-state index in [0.717, 1.165) is 18.6 Å². The Morgan fingerprint density at radius 3 is 2.09 bits per heavy atom. The van der Waals surface area contributed by atoms with E-state index < -0.39 is 0 Å². The molecule has 112 valence electrons. The SMILES string of the molecule is COc1ccc(C2=C(C)C(c3ccc(C)cc3)=CCC2)cc1. The molecule has 1 heteroatoms. The van der Waals surface area contributed by atoms with Gasteiger partial charge < -0.3 is 4.74 Å². The van der Waals surface area contributed by atoms with Gasteiger partial charge in [-0.3, -0.25) is 0 Å². The molecule has 0 bridgehead atoms. The maximum Gasteiger partial charge on any atom is 0.118 e. The van der Waals surface area contributed by atoms with Crippen LogP contribution >= 0.6 is 0 Å². The number of hydrogen-bond acceptors (Lipinski definition) is 1. The minimum Gasteiger partial charge on any atom is -0.497 e. The van der Waals surface area contributed by atoms with Gasteiger partial charge in [0.25, 0.3) is 0 Å². The van der Waals surface area contributed by atoms with Gasteiger partial charge in [0.2, 0.25) is 0 Å². The monoisotopic (exact) mass is 290 g/mol. The van der Waals surface area contributed by atoms with Gasteiger partial charge in [0.1, 0.15) is 5.75 Å². The minimum atomic E-state index is 0.909. The molecule has 0 saturated heterocycles. The summed E-state index contributed by atoms with van der Waals surface area (Å²) >= 11 is 0. The highest BCUT2D eigenvalue weighted by Crippen LogP contribution is 2.37. The normalized spacial score (nSPS) is 14.8. The van der Waals surface area contributed by atoms with Crippen LogP contribution in [-0.4, -0.2) is 7.11 Å². The molecule has 1 aliphatic rings. The van der Waals surface area contributed by atoms with Gasteiger partial charge in [-0.2, -0.15) is 0 Å². The van der Waals surface area contributed by atoms with E-state index in [9.17, 15) is 0 Å². The Bertz CT molecular complexity index is 716. The number of methoxy groups -OCH3 is 1. The second kappa shape index (κ2) is 6.23. The molecule has 3 rings (SSSR count). The zero-order valence-corrected chi connectivity index (χ0v) is 13.5. The van der Waals surface area contributed by atoms with Gasteiger partial charge in [-0.05, 0) is 66.7 Å². The lowest BCUT2D eigenvalue weighted by Gasteiger charge is -2.20. The zero-order valence-electron chi connectivity index (χ0n) is 13.5. The first-order valence-corrected chi connectivity index (χ1v) is 7.81. The molecule has 0 fully saturated rings. The Hall–Kier alpha value is -2.28. The Morgan fingerprint density at radius 2 is 1.45 bits per heavy atom. The third kappa shape index (κ3) is 2.85. The van der Waals surface area contributed by atoms with Crippen molar-refractivity contribution in [2.75, 3.05) is 7.11 Å². The molecule has 2 aromatic carbocycles. The molecule has 0 N–H and O–H groups in total. The van der Waals surface area contributed by atoms with E-state index >= 15 is 0 Å². The molecular weight excluding hydrogens is 268 g/mol. The standard InChI is InChI=1S/C21H22O/c1-15-7-9-17(10-8-15)20-5-4-6-21(16(20)2)18-11-13-19(22-3)14-12-18/h5,7-14H,4,6H2,1-3H3. The lowest BCUT2D eigenvalue weighted by molar-refractivity contribution is 0.415. The van der Waals surface area contributed by atoms with E-state index in [1.807, 2.05) is 12.1 Å². The highest BCUT2D eigenvalue weighted by Gasteiger charge is 2.15. The van der Waals surface area contributed by atoms with E-state index in [1.54, 1.807) is 7.11 Å². The zero-order chi connectivity index (χ0) is 15.5. The maximum atomic E-state index is 5.26. The molecule has 0 saturated carbocycles. The predicted octanol–water partition coefficient (Wildman–Crippen LogP) is 5.65. The van der Waals surface area contributed by atoms with Gasteiger partial charge in [0.05, 0.1) is 7.11 Å². The van der Waals surface area contributed by atoms with Gasteiger partial charge in [0.15, 0.2) is 0 Å². The van der Waals surface area contributed by atoms with E-state index in [2.05, 4.69) is 56.3 Å². The van der Waals surface area contributed by atoms with Crippen LogP contribution in [0.25, 0.3) is 11.1 Å². The fourth-order valence-corrected chi connectivity index (χ4v) is 3.08. The van der Waals surface area contributed by atoms with Crippen molar-refractivity contribution in [3.63, 3.8) is 0 Å². The van der Waals surface area contributed by atoms with Crippen LogP contribution in [0.15, 0.2) is 60.2 Å². The minimum absolute atomic E-state index is 0.909. The van der Waals surface area contributed by atoms with Gasteiger partial charge in [0, 0.05) is 0 Å². The molecule has 0 spiro atoms. The van der Waals surface area contributed by atoms with Crippen molar-refractivity contribution in [1.82, 2.24) is 0 Å². The van der Waals surface area contributed by atoms with Gasteiger partial charge in [-0.15, -0.1) is 0 Å². The van der Waals surface area contributed by atoms with Crippen molar-refractivity contribution in [2.45, 2.75) is 26.7 Å². The Labute approximate surface area is 133 Å². The number of rotatable bonds is 3. The summed E-state index contributed by atoms with van der Waals surface area (Å²) < 4.78 is 5.26. The van der Waals surface area contributed by atoms with Crippen LogP contribution in [0.4, 0.5) is 0 Å². The summed E-state index contributed by atoms with van der Waals surface area (Å²) in [7, 11) is 1.71. The average molecular weight is 290 g/mol. The number of benzene rings is 2. The fraction of sp³-hybridized carbons (Fsp3) is 0.238.